The van der Waals surface area contributed by atoms with Crippen molar-refractivity contribution in [2.75, 3.05) is 6.61 Å². The molecule has 0 aliphatic carbocycles. The first-order chi connectivity index (χ1) is 12.3. The summed E-state index contributed by atoms with van der Waals surface area (Å²) in [5.41, 5.74) is -4.03. The third kappa shape index (κ3) is 2.72. The van der Waals surface area contributed by atoms with Crippen molar-refractivity contribution in [3.63, 3.8) is 0 Å². The molecule has 26 heavy (non-hydrogen) atoms. The highest BCUT2D eigenvalue weighted by Crippen LogP contribution is 2.43. The largest absolute Gasteiger partial charge is 0.463 e. The van der Waals surface area contributed by atoms with Gasteiger partial charge in [-0.3, -0.25) is 0 Å². The van der Waals surface area contributed by atoms with Crippen molar-refractivity contribution in [3.05, 3.63) is 60.4 Å². The fourth-order valence-corrected chi connectivity index (χ4v) is 2.77. The summed E-state index contributed by atoms with van der Waals surface area (Å²) in [6.45, 7) is 1.07. The van der Waals surface area contributed by atoms with Crippen LogP contribution in [0.1, 0.15) is 12.5 Å². The van der Waals surface area contributed by atoms with Gasteiger partial charge in [-0.2, -0.15) is 13.2 Å². The number of fused-ring (bicyclic) bond motifs is 1. The number of esters is 1. The van der Waals surface area contributed by atoms with Gasteiger partial charge in [-0.25, -0.2) is 9.78 Å². The highest BCUT2D eigenvalue weighted by molar-refractivity contribution is 5.93. The molecule has 3 aromatic rings. The summed E-state index contributed by atoms with van der Waals surface area (Å²) in [5, 5.41) is 10.5. The van der Waals surface area contributed by atoms with E-state index in [1.54, 1.807) is 30.3 Å². The Morgan fingerprint density at radius 3 is 2.50 bits per heavy atom. The standard InChI is InChI=1S/C18H15F3N2O3/c1-2-26-16(24)17(25,18(19,20)21)13-11-23(15-9-5-6-10-22-15)14-8-4-3-7-12(13)14/h3-11,25H,2H2,1H3. The molecule has 1 unspecified atom stereocenters. The molecular formula is C18H15F3N2O3. The number of hydrogen-bond acceptors (Lipinski definition) is 4. The maximum absolute atomic E-state index is 13.7. The van der Waals surface area contributed by atoms with Crippen LogP contribution in [0.15, 0.2) is 54.9 Å². The van der Waals surface area contributed by atoms with Crippen molar-refractivity contribution in [2.24, 2.45) is 0 Å². The van der Waals surface area contributed by atoms with E-state index in [2.05, 4.69) is 9.72 Å². The predicted molar refractivity (Wildman–Crippen MR) is 87.7 cm³/mol. The summed E-state index contributed by atoms with van der Waals surface area (Å²) >= 11 is 0. The summed E-state index contributed by atoms with van der Waals surface area (Å²) in [6.07, 6.45) is -2.71. The molecule has 0 spiro atoms. The second kappa shape index (κ2) is 6.45. The van der Waals surface area contributed by atoms with Crippen molar-refractivity contribution in [1.82, 2.24) is 9.55 Å². The lowest BCUT2D eigenvalue weighted by Crippen LogP contribution is -2.50. The quantitative estimate of drug-likeness (QED) is 0.721. The summed E-state index contributed by atoms with van der Waals surface area (Å²) < 4.78 is 47.1. The molecule has 5 nitrogen and oxygen atoms in total. The molecule has 3 rings (SSSR count). The molecular weight excluding hydrogens is 349 g/mol. The van der Waals surface area contributed by atoms with Gasteiger partial charge in [0.1, 0.15) is 5.82 Å². The fraction of sp³-hybridized carbons (Fsp3) is 0.222. The molecule has 2 heterocycles. The number of alkyl halides is 3. The van der Waals surface area contributed by atoms with Crippen LogP contribution < -0.4 is 0 Å². The second-order valence-corrected chi connectivity index (χ2v) is 5.55. The van der Waals surface area contributed by atoms with E-state index in [1.807, 2.05) is 0 Å². The Morgan fingerprint density at radius 2 is 1.88 bits per heavy atom. The first kappa shape index (κ1) is 17.9. The molecule has 0 fully saturated rings. The van der Waals surface area contributed by atoms with Crippen LogP contribution in [0.2, 0.25) is 0 Å². The molecule has 1 N–H and O–H groups in total. The normalized spacial score (nSPS) is 14.2. The molecule has 8 heteroatoms. The van der Waals surface area contributed by atoms with Crippen LogP contribution in [-0.4, -0.2) is 33.4 Å². The number of halogens is 3. The van der Waals surface area contributed by atoms with Gasteiger partial charge in [0.2, 0.25) is 0 Å². The summed E-state index contributed by atoms with van der Waals surface area (Å²) in [5.74, 6) is -1.42. The lowest BCUT2D eigenvalue weighted by molar-refractivity contribution is -0.267. The number of carbonyl (C=O) groups excluding carboxylic acids is 1. The van der Waals surface area contributed by atoms with E-state index < -0.39 is 23.3 Å². The Balaban J connectivity index is 2.32. The van der Waals surface area contributed by atoms with Gasteiger partial charge in [0, 0.05) is 23.3 Å². The lowest BCUT2D eigenvalue weighted by atomic mass is 9.92. The summed E-state index contributed by atoms with van der Waals surface area (Å²) in [4.78, 5) is 16.2. The maximum Gasteiger partial charge on any atom is 0.432 e. The number of carbonyl (C=O) groups is 1. The summed E-state index contributed by atoms with van der Waals surface area (Å²) in [6, 6.07) is 11.1. The van der Waals surface area contributed by atoms with Gasteiger partial charge < -0.3 is 14.4 Å². The number of aromatic nitrogens is 2. The average molecular weight is 364 g/mol. The van der Waals surface area contributed by atoms with Crippen molar-refractivity contribution in [3.8, 4) is 5.82 Å². The van der Waals surface area contributed by atoms with Crippen molar-refractivity contribution < 1.29 is 27.8 Å². The molecule has 1 atom stereocenters. The van der Waals surface area contributed by atoms with E-state index in [0.717, 1.165) is 6.20 Å². The van der Waals surface area contributed by atoms with Gasteiger partial charge in [-0.15, -0.1) is 0 Å². The Labute approximate surface area is 146 Å². The van der Waals surface area contributed by atoms with E-state index >= 15 is 0 Å². The number of aliphatic hydroxyl groups is 1. The smallest absolute Gasteiger partial charge is 0.432 e. The molecule has 0 saturated carbocycles. The monoisotopic (exact) mass is 364 g/mol. The Morgan fingerprint density at radius 1 is 1.19 bits per heavy atom. The maximum atomic E-state index is 13.7. The number of ether oxygens (including phenoxy) is 1. The minimum absolute atomic E-state index is 0.0750. The molecule has 1 aromatic carbocycles. The van der Waals surface area contributed by atoms with Gasteiger partial charge in [-0.1, -0.05) is 24.3 Å². The number of para-hydroxylation sites is 1. The van der Waals surface area contributed by atoms with Crippen LogP contribution in [0.5, 0.6) is 0 Å². The molecule has 0 bridgehead atoms. The van der Waals surface area contributed by atoms with Gasteiger partial charge in [-0.05, 0) is 25.1 Å². The molecule has 0 aliphatic heterocycles. The van der Waals surface area contributed by atoms with Gasteiger partial charge >= 0.3 is 12.1 Å². The van der Waals surface area contributed by atoms with Crippen LogP contribution in [0, 0.1) is 0 Å². The van der Waals surface area contributed by atoms with Gasteiger partial charge in [0.05, 0.1) is 12.1 Å². The Bertz CT molecular complexity index is 938. The Hall–Kier alpha value is -2.87. The predicted octanol–water partition coefficient (Wildman–Crippen LogP) is 3.34. The number of hydrogen-bond donors (Lipinski definition) is 1. The third-order valence-electron chi connectivity index (χ3n) is 3.98. The molecule has 2 aromatic heterocycles. The molecule has 0 aliphatic rings. The zero-order chi connectivity index (χ0) is 18.9. The molecule has 136 valence electrons. The SMILES string of the molecule is CCOC(=O)C(O)(c1cn(-c2ccccn2)c2ccccc12)C(F)(F)F. The summed E-state index contributed by atoms with van der Waals surface area (Å²) in [7, 11) is 0. The third-order valence-corrected chi connectivity index (χ3v) is 3.98. The minimum atomic E-state index is -5.27. The highest BCUT2D eigenvalue weighted by Gasteiger charge is 2.63. The lowest BCUT2D eigenvalue weighted by Gasteiger charge is -2.27. The minimum Gasteiger partial charge on any atom is -0.463 e. The van der Waals surface area contributed by atoms with E-state index in [0.29, 0.717) is 11.3 Å². The van der Waals surface area contributed by atoms with E-state index in [9.17, 15) is 23.1 Å². The van der Waals surface area contributed by atoms with Crippen LogP contribution in [0.4, 0.5) is 13.2 Å². The molecule has 0 saturated heterocycles. The van der Waals surface area contributed by atoms with Crippen molar-refractivity contribution in [1.29, 1.82) is 0 Å². The number of pyridine rings is 1. The number of rotatable bonds is 4. The van der Waals surface area contributed by atoms with Crippen LogP contribution in [0.3, 0.4) is 0 Å². The Kier molecular flexibility index (Phi) is 4.45. The first-order valence-corrected chi connectivity index (χ1v) is 7.79. The number of benzene rings is 1. The molecule has 0 radical (unpaired) electrons. The average Bonchev–Trinajstić information content (AvgIpc) is 3.01. The second-order valence-electron chi connectivity index (χ2n) is 5.55. The zero-order valence-corrected chi connectivity index (χ0v) is 13.7. The fourth-order valence-electron chi connectivity index (χ4n) is 2.77. The van der Waals surface area contributed by atoms with Crippen molar-refractivity contribution in [2.45, 2.75) is 18.7 Å². The first-order valence-electron chi connectivity index (χ1n) is 7.79. The number of nitrogens with zero attached hydrogens (tertiary/aromatic N) is 2. The van der Waals surface area contributed by atoms with E-state index in [-0.39, 0.29) is 12.0 Å². The van der Waals surface area contributed by atoms with Crippen LogP contribution >= 0.6 is 0 Å². The molecule has 0 amide bonds. The van der Waals surface area contributed by atoms with E-state index in [1.165, 1.54) is 29.8 Å². The topological polar surface area (TPSA) is 64.3 Å². The van der Waals surface area contributed by atoms with Gasteiger partial charge in [0.25, 0.3) is 5.60 Å². The van der Waals surface area contributed by atoms with Crippen LogP contribution in [0.25, 0.3) is 16.7 Å². The zero-order valence-electron chi connectivity index (χ0n) is 13.7. The van der Waals surface area contributed by atoms with Crippen molar-refractivity contribution >= 4 is 16.9 Å². The van der Waals surface area contributed by atoms with Crippen LogP contribution in [-0.2, 0) is 15.1 Å². The van der Waals surface area contributed by atoms with Gasteiger partial charge in [0.15, 0.2) is 0 Å². The van der Waals surface area contributed by atoms with E-state index in [4.69, 9.17) is 0 Å². The highest BCUT2D eigenvalue weighted by atomic mass is 19.4.